The van der Waals surface area contributed by atoms with E-state index in [1.807, 2.05) is 50.2 Å². The number of piperidine rings is 2. The van der Waals surface area contributed by atoms with E-state index in [1.54, 1.807) is 19.2 Å². The van der Waals surface area contributed by atoms with Crippen LogP contribution in [0.3, 0.4) is 0 Å². The molecule has 0 unspecified atom stereocenters. The molecule has 13 heteroatoms. The van der Waals surface area contributed by atoms with E-state index in [4.69, 9.17) is 18.9 Å². The number of aliphatic hydroxyl groups is 2. The third-order valence-electron chi connectivity index (χ3n) is 18.3. The Balaban J connectivity index is 0.803. The quantitative estimate of drug-likeness (QED) is 0.110. The Morgan fingerprint density at radius 3 is 2.03 bits per heavy atom. The molecule has 4 aromatic rings. The van der Waals surface area contributed by atoms with Crippen molar-refractivity contribution in [3.8, 4) is 23.0 Å². The second-order valence-electron chi connectivity index (χ2n) is 21.7. The summed E-state index contributed by atoms with van der Waals surface area (Å²) in [6.45, 7) is 9.45. The van der Waals surface area contributed by atoms with Gasteiger partial charge in [-0.05, 0) is 131 Å². The smallest absolute Gasteiger partial charge is 0.316 e. The van der Waals surface area contributed by atoms with E-state index in [-0.39, 0.29) is 54.4 Å². The lowest BCUT2D eigenvalue weighted by Crippen LogP contribution is -2.76. The van der Waals surface area contributed by atoms with E-state index in [0.29, 0.717) is 61.9 Å². The van der Waals surface area contributed by atoms with E-state index < -0.39 is 46.0 Å². The number of Topliss-reactive ketones (excluding diaryl/α,β-unsaturated/α-hetero) is 2. The molecule has 4 saturated carbocycles. The number of hydrogen-bond acceptors (Lipinski definition) is 13. The summed E-state index contributed by atoms with van der Waals surface area (Å²) in [6, 6.07) is 14.8. The fourth-order valence-electron chi connectivity index (χ4n) is 14.6. The zero-order valence-electron chi connectivity index (χ0n) is 39.6. The third-order valence-corrected chi connectivity index (χ3v) is 19.5. The van der Waals surface area contributed by atoms with Gasteiger partial charge in [-0.2, -0.15) is 0 Å². The minimum Gasteiger partial charge on any atom is -0.493 e. The lowest BCUT2D eigenvalue weighted by Gasteiger charge is -2.62. The Bertz CT molecular complexity index is 2800. The van der Waals surface area contributed by atoms with Gasteiger partial charge in [0.1, 0.15) is 5.78 Å². The van der Waals surface area contributed by atoms with Gasteiger partial charge in [0.2, 0.25) is 0 Å². The number of ketones is 2. The van der Waals surface area contributed by atoms with E-state index in [0.717, 1.165) is 69.0 Å². The largest absolute Gasteiger partial charge is 0.493 e. The topological polar surface area (TPSA) is 152 Å². The molecule has 12 nitrogen and oxygen atoms in total. The van der Waals surface area contributed by atoms with Gasteiger partial charge in [0.15, 0.2) is 34.9 Å². The number of methoxy groups -OCH3 is 1. The van der Waals surface area contributed by atoms with Gasteiger partial charge in [-0.3, -0.25) is 29.0 Å². The monoisotopic (exact) mass is 942 g/mol. The van der Waals surface area contributed by atoms with Crippen molar-refractivity contribution < 1.29 is 48.3 Å². The number of likely N-dealkylation sites (tertiary alicyclic amines) is 2. The van der Waals surface area contributed by atoms with Crippen LogP contribution in [0.1, 0.15) is 110 Å². The molecule has 5 aliphatic carbocycles. The van der Waals surface area contributed by atoms with Crippen molar-refractivity contribution in [1.29, 1.82) is 0 Å². The molecule has 6 fully saturated rings. The highest BCUT2D eigenvalue weighted by molar-refractivity contribution is 7.14. The SMILES string of the molecule is COc1c(OC(=O)Cc2sc(CC(=O)Oc3ccc4c5c3O[C@H]3C(=O)CC[C@@]6(O)[C@@H](C4)N(CC4CC4)CC[C@]536)c3ccccc23)ccc(C)c1[C@]12CCN(CC3CC3)[C@H](C)[C@]1(O)CCC(=O)[C@@H]2C. The molecule has 8 aliphatic rings. The highest BCUT2D eigenvalue weighted by atomic mass is 32.1. The van der Waals surface area contributed by atoms with Gasteiger partial charge >= 0.3 is 11.9 Å². The number of esters is 2. The van der Waals surface area contributed by atoms with Crippen molar-refractivity contribution in [3.05, 3.63) is 80.5 Å². The van der Waals surface area contributed by atoms with Crippen LogP contribution >= 0.6 is 11.3 Å². The summed E-state index contributed by atoms with van der Waals surface area (Å²) in [5.41, 5.74) is -0.681. The molecule has 2 saturated heterocycles. The van der Waals surface area contributed by atoms with Crippen molar-refractivity contribution >= 4 is 45.6 Å². The molecule has 1 aromatic heterocycles. The molecule has 0 radical (unpaired) electrons. The average molecular weight is 943 g/mol. The number of fused-ring (bicyclic) bond motifs is 2. The normalized spacial score (nSPS) is 32.9. The van der Waals surface area contributed by atoms with Gasteiger partial charge < -0.3 is 29.2 Å². The first-order chi connectivity index (χ1) is 32.7. The summed E-state index contributed by atoms with van der Waals surface area (Å²) in [4.78, 5) is 61.9. The molecule has 1 spiro atoms. The molecule has 2 bridgehead atoms. The number of rotatable bonds is 12. The zero-order chi connectivity index (χ0) is 47.1. The van der Waals surface area contributed by atoms with Gasteiger partial charge in [-0.25, -0.2) is 0 Å². The third kappa shape index (κ3) is 6.43. The number of carbonyl (C=O) groups excluding carboxylic acids is 4. The number of thiophene rings is 1. The number of ether oxygens (including phenoxy) is 4. The summed E-state index contributed by atoms with van der Waals surface area (Å²) >= 11 is 1.36. The first-order valence-corrected chi connectivity index (χ1v) is 25.9. The molecule has 2 N–H and O–H groups in total. The second-order valence-corrected chi connectivity index (χ2v) is 22.9. The minimum absolute atomic E-state index is 0.0145. The molecule has 3 aromatic carbocycles. The number of carbonyl (C=O) groups is 4. The molecule has 68 heavy (non-hydrogen) atoms. The Labute approximate surface area is 401 Å². The van der Waals surface area contributed by atoms with Crippen LogP contribution in [0.5, 0.6) is 23.0 Å². The highest BCUT2D eigenvalue weighted by Crippen LogP contribution is 2.65. The van der Waals surface area contributed by atoms with Gasteiger partial charge in [0, 0.05) is 70.2 Å². The van der Waals surface area contributed by atoms with Gasteiger partial charge in [0.25, 0.3) is 0 Å². The van der Waals surface area contributed by atoms with E-state index in [1.165, 1.54) is 37.0 Å². The lowest BCUT2D eigenvalue weighted by molar-refractivity contribution is -0.188. The summed E-state index contributed by atoms with van der Waals surface area (Å²) in [7, 11) is 1.55. The Morgan fingerprint density at radius 2 is 1.35 bits per heavy atom. The van der Waals surface area contributed by atoms with Crippen LogP contribution in [0.2, 0.25) is 0 Å². The standard InChI is InChI=1S/C55H62N2O10S/c1-30-9-15-40(49(64-4)47(30)52-21-23-56(28-33-10-11-33)32(3)54(52,62)19-17-38(58)31(52)2)65-45(60)26-42-36-7-5-6-8-37(36)43(68-42)27-46(61)66-41-16-14-35-25-44-55(63)20-18-39(59)51-53(55,48(35)50(41)67-51)22-24-57(44)29-34-12-13-34/h5-9,14-16,31-34,44,51,62-63H,10-13,17-29H2,1-4H3/t31-,32+,44+,51-,52+,53-,54+,55+/m0/s1. The maximum Gasteiger partial charge on any atom is 0.316 e. The number of benzene rings is 3. The van der Waals surface area contributed by atoms with Crippen molar-refractivity contribution in [2.45, 2.75) is 144 Å². The minimum atomic E-state index is -1.22. The molecule has 8 atom stereocenters. The Morgan fingerprint density at radius 1 is 0.750 bits per heavy atom. The molecular formula is C55H62N2O10S. The number of aryl methyl sites for hydroxylation is 1. The maximum atomic E-state index is 14.1. The predicted octanol–water partition coefficient (Wildman–Crippen LogP) is 7.12. The van der Waals surface area contributed by atoms with Crippen LogP contribution in [0.15, 0.2) is 48.5 Å². The van der Waals surface area contributed by atoms with Crippen LogP contribution in [0.4, 0.5) is 0 Å². The van der Waals surface area contributed by atoms with E-state index in [2.05, 4.69) is 16.7 Å². The first-order valence-electron chi connectivity index (χ1n) is 25.1. The molecular weight excluding hydrogens is 881 g/mol. The predicted molar refractivity (Wildman–Crippen MR) is 255 cm³/mol. The summed E-state index contributed by atoms with van der Waals surface area (Å²) in [5, 5.41) is 27.4. The van der Waals surface area contributed by atoms with Crippen molar-refractivity contribution in [2.75, 3.05) is 33.3 Å². The van der Waals surface area contributed by atoms with Crippen molar-refractivity contribution in [3.63, 3.8) is 0 Å². The summed E-state index contributed by atoms with van der Waals surface area (Å²) in [6.07, 6.45) is 7.03. The molecule has 3 aliphatic heterocycles. The number of hydrogen-bond donors (Lipinski definition) is 2. The summed E-state index contributed by atoms with van der Waals surface area (Å²) in [5.74, 6) is 1.17. The fraction of sp³-hybridized carbons (Fsp3) is 0.564. The molecule has 4 heterocycles. The Hall–Kier alpha value is -4.66. The molecule has 358 valence electrons. The number of nitrogens with zero attached hydrogens (tertiary/aromatic N) is 2. The summed E-state index contributed by atoms with van der Waals surface area (Å²) < 4.78 is 25.1. The van der Waals surface area contributed by atoms with Crippen molar-refractivity contribution in [1.82, 2.24) is 9.80 Å². The van der Waals surface area contributed by atoms with Gasteiger partial charge in [-0.1, -0.05) is 43.3 Å². The van der Waals surface area contributed by atoms with Crippen LogP contribution in [-0.2, 0) is 49.3 Å². The van der Waals surface area contributed by atoms with Crippen LogP contribution in [0, 0.1) is 24.7 Å². The molecule has 12 rings (SSSR count). The van der Waals surface area contributed by atoms with Gasteiger partial charge in [0.05, 0.1) is 36.6 Å². The average Bonchev–Trinajstić information content (AvgIpc) is 4.26. The van der Waals surface area contributed by atoms with Gasteiger partial charge in [-0.15, -0.1) is 11.3 Å². The van der Waals surface area contributed by atoms with Crippen molar-refractivity contribution in [2.24, 2.45) is 17.8 Å². The molecule has 0 amide bonds. The van der Waals surface area contributed by atoms with Crippen LogP contribution in [0.25, 0.3) is 10.8 Å². The second kappa shape index (κ2) is 15.9. The highest BCUT2D eigenvalue weighted by Gasteiger charge is 2.73. The first kappa shape index (κ1) is 44.5. The van der Waals surface area contributed by atoms with Crippen LogP contribution < -0.4 is 18.9 Å². The fourth-order valence-corrected chi connectivity index (χ4v) is 15.8. The lowest BCUT2D eigenvalue weighted by atomic mass is 9.49. The Kier molecular flexibility index (Phi) is 10.4. The van der Waals surface area contributed by atoms with E-state index in [9.17, 15) is 29.4 Å². The van der Waals surface area contributed by atoms with E-state index >= 15 is 0 Å². The maximum absolute atomic E-state index is 14.1. The zero-order valence-corrected chi connectivity index (χ0v) is 40.4. The van der Waals surface area contributed by atoms with Crippen LogP contribution in [-0.4, -0.2) is 106 Å².